The third-order valence-electron chi connectivity index (χ3n) is 1.50. The minimum atomic E-state index is -1.33. The molecule has 0 saturated heterocycles. The first kappa shape index (κ1) is 11.2. The van der Waals surface area contributed by atoms with Crippen molar-refractivity contribution in [1.82, 2.24) is 4.98 Å². The average molecular weight is 230 g/mol. The van der Waals surface area contributed by atoms with Gasteiger partial charge in [0.2, 0.25) is 0 Å². The van der Waals surface area contributed by atoms with Crippen molar-refractivity contribution >= 4 is 17.3 Å². The molecular weight excluding hydrogens is 228 g/mol. The molecule has 0 atom stereocenters. The Kier molecular flexibility index (Phi) is 2.61. The lowest BCUT2D eigenvalue weighted by molar-refractivity contribution is -0.411. The summed E-state index contributed by atoms with van der Waals surface area (Å²) in [7, 11) is 0. The highest BCUT2D eigenvalue weighted by molar-refractivity contribution is 5.58. The van der Waals surface area contributed by atoms with Crippen LogP contribution in [0, 0.1) is 30.3 Å². The van der Waals surface area contributed by atoms with E-state index in [9.17, 15) is 30.3 Å². The SMILES string of the molecule is O=[N+]([O-])c1cc([N+](=O)[O-])c(O)c([N+](=O)[O-])n1. The summed E-state index contributed by atoms with van der Waals surface area (Å²) in [5.41, 5.74) is -1.15. The monoisotopic (exact) mass is 230 g/mol. The van der Waals surface area contributed by atoms with Crippen LogP contribution in [-0.4, -0.2) is 24.9 Å². The summed E-state index contributed by atoms with van der Waals surface area (Å²) in [5, 5.41) is 40.0. The van der Waals surface area contributed by atoms with Crippen molar-refractivity contribution in [2.75, 3.05) is 0 Å². The summed E-state index contributed by atoms with van der Waals surface area (Å²) in [6, 6.07) is 0.336. The maximum Gasteiger partial charge on any atom is 0.417 e. The van der Waals surface area contributed by atoms with Crippen LogP contribution in [0.1, 0.15) is 0 Å². The summed E-state index contributed by atoms with van der Waals surface area (Å²) in [6.07, 6.45) is 0. The lowest BCUT2D eigenvalue weighted by atomic mass is 10.3. The summed E-state index contributed by atoms with van der Waals surface area (Å²) in [4.78, 5) is 30.2. The van der Waals surface area contributed by atoms with E-state index in [1.807, 2.05) is 0 Å². The maximum absolute atomic E-state index is 10.3. The normalized spacial score (nSPS) is 9.75. The topological polar surface area (TPSA) is 163 Å². The van der Waals surface area contributed by atoms with Gasteiger partial charge < -0.3 is 25.3 Å². The molecule has 1 aromatic heterocycles. The predicted molar refractivity (Wildman–Crippen MR) is 45.9 cm³/mol. The first-order valence-corrected chi connectivity index (χ1v) is 3.51. The largest absolute Gasteiger partial charge is 0.496 e. The first-order chi connectivity index (χ1) is 7.34. The average Bonchev–Trinajstić information content (AvgIpc) is 2.16. The lowest BCUT2D eigenvalue weighted by Crippen LogP contribution is -2.01. The molecule has 0 saturated carbocycles. The van der Waals surface area contributed by atoms with E-state index in [2.05, 4.69) is 4.98 Å². The van der Waals surface area contributed by atoms with Gasteiger partial charge in [-0.3, -0.25) is 10.1 Å². The van der Waals surface area contributed by atoms with Gasteiger partial charge in [0, 0.05) is 4.98 Å². The van der Waals surface area contributed by atoms with Crippen molar-refractivity contribution in [2.24, 2.45) is 0 Å². The van der Waals surface area contributed by atoms with Crippen LogP contribution >= 0.6 is 0 Å². The molecule has 0 bridgehead atoms. The molecule has 0 aromatic carbocycles. The van der Waals surface area contributed by atoms with Crippen molar-refractivity contribution in [2.45, 2.75) is 0 Å². The second-order valence-electron chi connectivity index (χ2n) is 2.44. The molecule has 16 heavy (non-hydrogen) atoms. The van der Waals surface area contributed by atoms with Crippen LogP contribution in [0.4, 0.5) is 17.3 Å². The van der Waals surface area contributed by atoms with E-state index < -0.39 is 37.8 Å². The molecule has 0 unspecified atom stereocenters. The lowest BCUT2D eigenvalue weighted by Gasteiger charge is -1.98. The molecule has 1 heterocycles. The Morgan fingerprint density at radius 2 is 1.62 bits per heavy atom. The van der Waals surface area contributed by atoms with Gasteiger partial charge >= 0.3 is 17.3 Å². The van der Waals surface area contributed by atoms with Crippen molar-refractivity contribution < 1.29 is 19.9 Å². The number of hydrogen-bond acceptors (Lipinski definition) is 8. The van der Waals surface area contributed by atoms with E-state index in [1.165, 1.54) is 0 Å². The van der Waals surface area contributed by atoms with Crippen molar-refractivity contribution in [1.29, 1.82) is 0 Å². The smallest absolute Gasteiger partial charge is 0.417 e. The third kappa shape index (κ3) is 1.82. The number of hydrogen-bond donors (Lipinski definition) is 1. The molecule has 84 valence electrons. The molecule has 1 N–H and O–H groups in total. The number of pyridine rings is 1. The van der Waals surface area contributed by atoms with Gasteiger partial charge in [-0.15, -0.1) is 0 Å². The molecule has 0 radical (unpaired) electrons. The number of aromatic nitrogens is 1. The Morgan fingerprint density at radius 3 is 2.00 bits per heavy atom. The molecule has 1 rings (SSSR count). The number of nitrogens with zero attached hydrogens (tertiary/aromatic N) is 4. The van der Waals surface area contributed by atoms with Crippen LogP contribution in [0.25, 0.3) is 0 Å². The highest BCUT2D eigenvalue weighted by atomic mass is 16.6. The molecule has 0 fully saturated rings. The number of aromatic hydroxyl groups is 1. The van der Waals surface area contributed by atoms with Crippen molar-refractivity contribution in [3.8, 4) is 5.75 Å². The van der Waals surface area contributed by atoms with Gasteiger partial charge in [-0.05, 0) is 9.85 Å². The van der Waals surface area contributed by atoms with Crippen LogP contribution in [0.3, 0.4) is 0 Å². The predicted octanol–water partition coefficient (Wildman–Crippen LogP) is 0.512. The number of rotatable bonds is 3. The van der Waals surface area contributed by atoms with E-state index >= 15 is 0 Å². The summed E-state index contributed by atoms with van der Waals surface area (Å²) >= 11 is 0. The highest BCUT2D eigenvalue weighted by Gasteiger charge is 2.31. The molecule has 0 aliphatic heterocycles. The van der Waals surface area contributed by atoms with Gasteiger partial charge in [0.1, 0.15) is 6.07 Å². The van der Waals surface area contributed by atoms with Gasteiger partial charge in [0.15, 0.2) is 0 Å². The minimum absolute atomic E-state index is 0.336. The van der Waals surface area contributed by atoms with Gasteiger partial charge in [-0.2, -0.15) is 0 Å². The fourth-order valence-electron chi connectivity index (χ4n) is 0.859. The van der Waals surface area contributed by atoms with E-state index in [4.69, 9.17) is 5.11 Å². The zero-order chi connectivity index (χ0) is 12.5. The van der Waals surface area contributed by atoms with Gasteiger partial charge in [-0.1, -0.05) is 0 Å². The quantitative estimate of drug-likeness (QED) is 0.579. The second kappa shape index (κ2) is 3.72. The van der Waals surface area contributed by atoms with Crippen molar-refractivity contribution in [3.63, 3.8) is 0 Å². The van der Waals surface area contributed by atoms with Crippen LogP contribution < -0.4 is 0 Å². The Labute approximate surface area is 85.4 Å². The van der Waals surface area contributed by atoms with E-state index in [-0.39, 0.29) is 0 Å². The fourth-order valence-corrected chi connectivity index (χ4v) is 0.859. The molecule has 11 heteroatoms. The van der Waals surface area contributed by atoms with Crippen LogP contribution in [0.2, 0.25) is 0 Å². The zero-order valence-corrected chi connectivity index (χ0v) is 7.26. The molecule has 0 aliphatic rings. The fraction of sp³-hybridized carbons (Fsp3) is 0. The Balaban J connectivity index is 3.57. The molecule has 1 aromatic rings. The standard InChI is InChI=1S/C5H2N4O7/c10-4-2(7(11)12)1-3(8(13)14)6-5(4)9(15)16/h1,10H. The van der Waals surface area contributed by atoms with Crippen LogP contribution in [0.5, 0.6) is 5.75 Å². The summed E-state index contributed by atoms with van der Waals surface area (Å²) in [6.45, 7) is 0. The highest BCUT2D eigenvalue weighted by Crippen LogP contribution is 2.36. The molecule has 11 nitrogen and oxygen atoms in total. The molecule has 0 amide bonds. The van der Waals surface area contributed by atoms with E-state index in [0.29, 0.717) is 6.07 Å². The minimum Gasteiger partial charge on any atom is -0.496 e. The summed E-state index contributed by atoms with van der Waals surface area (Å²) in [5.74, 6) is -3.74. The Bertz CT molecular complexity index is 463. The Hall–Kier alpha value is -2.85. The molecular formula is C5H2N4O7. The van der Waals surface area contributed by atoms with Gasteiger partial charge in [0.05, 0.1) is 4.92 Å². The Morgan fingerprint density at radius 1 is 1.06 bits per heavy atom. The zero-order valence-electron chi connectivity index (χ0n) is 7.26. The van der Waals surface area contributed by atoms with Crippen LogP contribution in [0.15, 0.2) is 6.07 Å². The van der Waals surface area contributed by atoms with Gasteiger partial charge in [-0.25, -0.2) is 0 Å². The summed E-state index contributed by atoms with van der Waals surface area (Å²) < 4.78 is 0. The third-order valence-corrected chi connectivity index (χ3v) is 1.50. The first-order valence-electron chi connectivity index (χ1n) is 3.51. The molecule has 0 aliphatic carbocycles. The van der Waals surface area contributed by atoms with E-state index in [0.717, 1.165) is 0 Å². The second-order valence-corrected chi connectivity index (χ2v) is 2.44. The van der Waals surface area contributed by atoms with Crippen LogP contribution in [-0.2, 0) is 0 Å². The maximum atomic E-state index is 10.3. The molecule has 0 spiro atoms. The van der Waals surface area contributed by atoms with E-state index in [1.54, 1.807) is 0 Å². The van der Waals surface area contributed by atoms with Crippen molar-refractivity contribution in [3.05, 3.63) is 36.4 Å². The van der Waals surface area contributed by atoms with Gasteiger partial charge in [0.25, 0.3) is 5.75 Å². The number of nitro groups is 3.